The molecule has 0 saturated carbocycles. The summed E-state index contributed by atoms with van der Waals surface area (Å²) < 4.78 is 0. The maximum absolute atomic E-state index is 11.9. The number of aliphatic hydroxyl groups is 1. The highest BCUT2D eigenvalue weighted by Gasteiger charge is 2.12. The third-order valence-electron chi connectivity index (χ3n) is 2.48. The number of nitrogens with one attached hydrogen (secondary N) is 1. The second kappa shape index (κ2) is 7.62. The van der Waals surface area contributed by atoms with Crippen molar-refractivity contribution in [2.75, 3.05) is 25.5 Å². The number of nitrogens with zero attached hydrogens (tertiary/aromatic N) is 3. The van der Waals surface area contributed by atoms with Crippen molar-refractivity contribution >= 4 is 17.3 Å². The number of carbonyl (C=O) groups is 1. The number of aliphatic hydroxyl groups excluding tert-OH is 1. The Balaban J connectivity index is 2.86. The molecule has 2 N–H and O–H groups in total. The molecule has 8 nitrogen and oxygen atoms in total. The maximum Gasteiger partial charge on any atom is 0.271 e. The third kappa shape index (κ3) is 4.93. The molecular formula is C13H14N4O4. The van der Waals surface area contributed by atoms with E-state index in [1.54, 1.807) is 13.1 Å². The van der Waals surface area contributed by atoms with Gasteiger partial charge in [0.05, 0.1) is 11.5 Å². The zero-order valence-electron chi connectivity index (χ0n) is 11.3. The van der Waals surface area contributed by atoms with Crippen molar-refractivity contribution in [3.8, 4) is 6.07 Å². The Hall–Kier alpha value is -2.92. The molecule has 0 atom stereocenters. The van der Waals surface area contributed by atoms with Crippen LogP contribution in [0, 0.1) is 21.4 Å². The number of hydrogen-bond donors (Lipinski definition) is 2. The van der Waals surface area contributed by atoms with E-state index in [1.165, 1.54) is 35.4 Å². The molecule has 0 fully saturated rings. The van der Waals surface area contributed by atoms with Gasteiger partial charge >= 0.3 is 0 Å². The van der Waals surface area contributed by atoms with Gasteiger partial charge in [0.1, 0.15) is 11.6 Å². The highest BCUT2D eigenvalue weighted by atomic mass is 16.6. The Bertz CT molecular complexity index is 606. The van der Waals surface area contributed by atoms with Crippen molar-refractivity contribution in [3.05, 3.63) is 46.2 Å². The molecule has 1 aromatic rings. The monoisotopic (exact) mass is 290 g/mol. The minimum Gasteiger partial charge on any atom is -0.395 e. The van der Waals surface area contributed by atoms with E-state index >= 15 is 0 Å². The molecule has 0 aliphatic rings. The van der Waals surface area contributed by atoms with E-state index in [2.05, 4.69) is 5.32 Å². The lowest BCUT2D eigenvalue weighted by atomic mass is 10.2. The summed E-state index contributed by atoms with van der Waals surface area (Å²) in [5.41, 5.74) is -0.106. The predicted molar refractivity (Wildman–Crippen MR) is 75.1 cm³/mol. The van der Waals surface area contributed by atoms with Crippen LogP contribution in [0.3, 0.4) is 0 Å². The molecular weight excluding hydrogens is 276 g/mol. The van der Waals surface area contributed by atoms with E-state index in [-0.39, 0.29) is 30.1 Å². The molecule has 21 heavy (non-hydrogen) atoms. The van der Waals surface area contributed by atoms with E-state index in [0.29, 0.717) is 0 Å². The molecule has 8 heteroatoms. The topological polar surface area (TPSA) is 120 Å². The summed E-state index contributed by atoms with van der Waals surface area (Å²) in [6.07, 6.45) is 1.29. The number of hydrogen-bond acceptors (Lipinski definition) is 6. The van der Waals surface area contributed by atoms with Gasteiger partial charge in [-0.25, -0.2) is 0 Å². The summed E-state index contributed by atoms with van der Waals surface area (Å²) in [5, 5.41) is 30.8. The number of benzene rings is 1. The minimum atomic E-state index is -0.678. The number of nitro groups is 1. The third-order valence-corrected chi connectivity index (χ3v) is 2.48. The second-order valence-electron chi connectivity index (χ2n) is 4.12. The SMILES string of the molecule is CN(/C=C(/C#N)C(=O)Nc1cccc([N+](=O)[O-])c1)CCO. The zero-order chi connectivity index (χ0) is 15.8. The molecule has 0 saturated heterocycles. The van der Waals surface area contributed by atoms with Crippen LogP contribution >= 0.6 is 0 Å². The fourth-order valence-electron chi connectivity index (χ4n) is 1.48. The highest BCUT2D eigenvalue weighted by molar-refractivity contribution is 6.06. The van der Waals surface area contributed by atoms with Crippen LogP contribution in [0.4, 0.5) is 11.4 Å². The first-order valence-electron chi connectivity index (χ1n) is 5.96. The first-order chi connectivity index (χ1) is 9.97. The van der Waals surface area contributed by atoms with Gasteiger partial charge in [0.25, 0.3) is 11.6 Å². The number of nitro benzene ring substituents is 1. The molecule has 0 heterocycles. The Labute approximate surface area is 121 Å². The number of nitriles is 1. The average molecular weight is 290 g/mol. The minimum absolute atomic E-state index is 0.113. The molecule has 0 bridgehead atoms. The van der Waals surface area contributed by atoms with Crippen LogP contribution in [0.25, 0.3) is 0 Å². The Morgan fingerprint density at radius 2 is 2.33 bits per heavy atom. The van der Waals surface area contributed by atoms with Gasteiger partial charge in [-0.1, -0.05) is 6.07 Å². The summed E-state index contributed by atoms with van der Waals surface area (Å²) in [5.74, 6) is -0.678. The van der Waals surface area contributed by atoms with E-state index in [1.807, 2.05) is 0 Å². The van der Waals surface area contributed by atoms with Gasteiger partial charge < -0.3 is 15.3 Å². The molecule has 110 valence electrons. The average Bonchev–Trinajstić information content (AvgIpc) is 2.45. The number of likely N-dealkylation sites (N-methyl/N-ethyl adjacent to an activating group) is 1. The lowest BCUT2D eigenvalue weighted by molar-refractivity contribution is -0.384. The van der Waals surface area contributed by atoms with Crippen LogP contribution in [0.15, 0.2) is 36.0 Å². The Kier molecular flexibility index (Phi) is 5.85. The van der Waals surface area contributed by atoms with E-state index in [9.17, 15) is 14.9 Å². The summed E-state index contributed by atoms with van der Waals surface area (Å²) in [7, 11) is 1.61. The molecule has 0 aromatic heterocycles. The Morgan fingerprint density at radius 3 is 2.90 bits per heavy atom. The van der Waals surface area contributed by atoms with E-state index in [4.69, 9.17) is 10.4 Å². The fraction of sp³-hybridized carbons (Fsp3) is 0.231. The predicted octanol–water partition coefficient (Wildman–Crippen LogP) is 0.865. The van der Waals surface area contributed by atoms with Crippen LogP contribution in [-0.2, 0) is 4.79 Å². The first kappa shape index (κ1) is 16.1. The number of rotatable bonds is 6. The highest BCUT2D eigenvalue weighted by Crippen LogP contribution is 2.17. The quantitative estimate of drug-likeness (QED) is 0.347. The van der Waals surface area contributed by atoms with Crippen molar-refractivity contribution in [2.24, 2.45) is 0 Å². The van der Waals surface area contributed by atoms with Gasteiger partial charge in [0, 0.05) is 37.6 Å². The summed E-state index contributed by atoms with van der Waals surface area (Å²) in [4.78, 5) is 23.5. The van der Waals surface area contributed by atoms with E-state index in [0.717, 1.165) is 0 Å². The van der Waals surface area contributed by atoms with Crippen LogP contribution in [0.1, 0.15) is 0 Å². The zero-order valence-corrected chi connectivity index (χ0v) is 11.3. The van der Waals surface area contributed by atoms with Crippen molar-refractivity contribution in [3.63, 3.8) is 0 Å². The largest absolute Gasteiger partial charge is 0.395 e. The van der Waals surface area contributed by atoms with Gasteiger partial charge in [-0.2, -0.15) is 5.26 Å². The summed E-state index contributed by atoms with van der Waals surface area (Å²) >= 11 is 0. The fourth-order valence-corrected chi connectivity index (χ4v) is 1.48. The lowest BCUT2D eigenvalue weighted by Crippen LogP contribution is -2.20. The summed E-state index contributed by atoms with van der Waals surface area (Å²) in [6, 6.07) is 7.15. The lowest BCUT2D eigenvalue weighted by Gasteiger charge is -2.12. The first-order valence-corrected chi connectivity index (χ1v) is 5.96. The van der Waals surface area contributed by atoms with Crippen LogP contribution in [-0.4, -0.2) is 41.0 Å². The molecule has 0 unspecified atom stereocenters. The smallest absolute Gasteiger partial charge is 0.271 e. The van der Waals surface area contributed by atoms with Gasteiger partial charge in [-0.15, -0.1) is 0 Å². The standard InChI is InChI=1S/C13H14N4O4/c1-16(5-6-18)9-10(8-14)13(19)15-11-3-2-4-12(7-11)17(20)21/h2-4,7,9,18H,5-6H2,1H3,(H,15,19)/b10-9-. The van der Waals surface area contributed by atoms with Gasteiger partial charge in [0.15, 0.2) is 0 Å². The van der Waals surface area contributed by atoms with Crippen molar-refractivity contribution < 1.29 is 14.8 Å². The second-order valence-corrected chi connectivity index (χ2v) is 4.12. The molecule has 0 spiro atoms. The van der Waals surface area contributed by atoms with Crippen molar-refractivity contribution in [1.29, 1.82) is 5.26 Å². The van der Waals surface area contributed by atoms with E-state index < -0.39 is 10.8 Å². The van der Waals surface area contributed by atoms with Crippen LogP contribution in [0.2, 0.25) is 0 Å². The molecule has 0 radical (unpaired) electrons. The van der Waals surface area contributed by atoms with Crippen molar-refractivity contribution in [2.45, 2.75) is 0 Å². The number of amides is 1. The number of anilines is 1. The maximum atomic E-state index is 11.9. The summed E-state index contributed by atoms with van der Waals surface area (Å²) in [6.45, 7) is 0.160. The van der Waals surface area contributed by atoms with Gasteiger partial charge in [-0.3, -0.25) is 14.9 Å². The molecule has 1 rings (SSSR count). The normalized spacial score (nSPS) is 10.6. The molecule has 0 aliphatic carbocycles. The van der Waals surface area contributed by atoms with Crippen LogP contribution in [0.5, 0.6) is 0 Å². The number of non-ortho nitro benzene ring substituents is 1. The van der Waals surface area contributed by atoms with Crippen LogP contribution < -0.4 is 5.32 Å². The van der Waals surface area contributed by atoms with Gasteiger partial charge in [0.2, 0.25) is 0 Å². The number of carbonyl (C=O) groups excluding carboxylic acids is 1. The Morgan fingerprint density at radius 1 is 1.62 bits per heavy atom. The molecule has 1 aromatic carbocycles. The van der Waals surface area contributed by atoms with Gasteiger partial charge in [-0.05, 0) is 6.07 Å². The molecule has 0 aliphatic heterocycles. The molecule has 1 amide bonds. The van der Waals surface area contributed by atoms with Crippen molar-refractivity contribution in [1.82, 2.24) is 4.90 Å².